The topological polar surface area (TPSA) is 50.7 Å². The van der Waals surface area contributed by atoms with E-state index in [1.54, 1.807) is 12.1 Å². The Hall–Kier alpha value is -2.20. The first-order valence-electron chi connectivity index (χ1n) is 7.23. The van der Waals surface area contributed by atoms with Crippen LogP contribution in [0.1, 0.15) is 17.2 Å². The van der Waals surface area contributed by atoms with Crippen molar-refractivity contribution in [1.82, 2.24) is 5.32 Å². The van der Waals surface area contributed by atoms with E-state index in [2.05, 4.69) is 11.4 Å². The molecule has 2 atom stereocenters. The lowest BCUT2D eigenvalue weighted by Crippen LogP contribution is -2.33. The summed E-state index contributed by atoms with van der Waals surface area (Å²) in [5.41, 5.74) is 2.38. The van der Waals surface area contributed by atoms with Crippen LogP contribution >= 0.6 is 0 Å². The normalized spacial score (nSPS) is 22.3. The first-order chi connectivity index (χ1) is 10.3. The standard InChI is InChI=1S/C17H17NO3/c19-12-5-6-14-15(10-20-17(14)8-12)18-9-13-7-11-3-1-2-4-16(11)21-13/h1-6,8,13,15,18-19H,7,9-10H2. The highest BCUT2D eigenvalue weighted by Gasteiger charge is 2.27. The summed E-state index contributed by atoms with van der Waals surface area (Å²) in [6.45, 7) is 1.38. The molecule has 2 N–H and O–H groups in total. The van der Waals surface area contributed by atoms with Crippen molar-refractivity contribution >= 4 is 0 Å². The van der Waals surface area contributed by atoms with Crippen molar-refractivity contribution in [3.05, 3.63) is 53.6 Å². The summed E-state index contributed by atoms with van der Waals surface area (Å²) in [6, 6.07) is 13.6. The molecule has 0 amide bonds. The number of nitrogens with one attached hydrogen (secondary N) is 1. The fourth-order valence-corrected chi connectivity index (χ4v) is 3.01. The predicted octanol–water partition coefficient (Wildman–Crippen LogP) is 2.42. The number of fused-ring (bicyclic) bond motifs is 2. The summed E-state index contributed by atoms with van der Waals surface area (Å²) in [5, 5.41) is 13.0. The zero-order valence-electron chi connectivity index (χ0n) is 11.6. The highest BCUT2D eigenvalue weighted by Crippen LogP contribution is 2.35. The maximum atomic E-state index is 9.46. The fraction of sp³-hybridized carbons (Fsp3) is 0.294. The lowest BCUT2D eigenvalue weighted by Gasteiger charge is -2.16. The molecule has 0 aliphatic carbocycles. The molecule has 2 unspecified atom stereocenters. The average molecular weight is 283 g/mol. The van der Waals surface area contributed by atoms with Gasteiger partial charge in [-0.25, -0.2) is 0 Å². The summed E-state index contributed by atoms with van der Waals surface area (Å²) >= 11 is 0. The van der Waals surface area contributed by atoms with Crippen molar-refractivity contribution in [2.24, 2.45) is 0 Å². The van der Waals surface area contributed by atoms with E-state index in [0.717, 1.165) is 30.0 Å². The third-order valence-electron chi connectivity index (χ3n) is 4.08. The number of para-hydroxylation sites is 1. The molecule has 2 aliphatic rings. The summed E-state index contributed by atoms with van der Waals surface area (Å²) in [5.74, 6) is 2.00. The van der Waals surface area contributed by atoms with Crippen LogP contribution in [-0.2, 0) is 6.42 Å². The van der Waals surface area contributed by atoms with Gasteiger partial charge < -0.3 is 19.9 Å². The van der Waals surface area contributed by atoms with Crippen LogP contribution in [0, 0.1) is 0 Å². The average Bonchev–Trinajstić information content (AvgIpc) is 3.07. The molecule has 2 heterocycles. The van der Waals surface area contributed by atoms with Gasteiger partial charge >= 0.3 is 0 Å². The van der Waals surface area contributed by atoms with Gasteiger partial charge in [0.15, 0.2) is 0 Å². The van der Waals surface area contributed by atoms with Crippen LogP contribution in [0.4, 0.5) is 0 Å². The maximum absolute atomic E-state index is 9.46. The molecule has 2 aromatic carbocycles. The molecular formula is C17H17NO3. The molecule has 0 radical (unpaired) electrons. The number of phenols is 1. The Balaban J connectivity index is 1.40. The Bertz CT molecular complexity index is 646. The van der Waals surface area contributed by atoms with E-state index >= 15 is 0 Å². The molecule has 4 nitrogen and oxygen atoms in total. The molecule has 0 bridgehead atoms. The largest absolute Gasteiger partial charge is 0.508 e. The van der Waals surface area contributed by atoms with Crippen molar-refractivity contribution in [2.75, 3.05) is 13.2 Å². The fourth-order valence-electron chi connectivity index (χ4n) is 3.01. The van der Waals surface area contributed by atoms with Crippen molar-refractivity contribution in [2.45, 2.75) is 18.6 Å². The van der Waals surface area contributed by atoms with E-state index in [4.69, 9.17) is 9.47 Å². The number of hydrogen-bond acceptors (Lipinski definition) is 4. The Morgan fingerprint density at radius 1 is 1.14 bits per heavy atom. The number of phenolic OH excluding ortho intramolecular Hbond substituents is 1. The molecule has 0 saturated heterocycles. The molecule has 2 aromatic rings. The van der Waals surface area contributed by atoms with Gasteiger partial charge in [-0.15, -0.1) is 0 Å². The second-order valence-corrected chi connectivity index (χ2v) is 5.55. The second kappa shape index (κ2) is 4.97. The van der Waals surface area contributed by atoms with Crippen molar-refractivity contribution in [1.29, 1.82) is 0 Å². The number of aromatic hydroxyl groups is 1. The van der Waals surface area contributed by atoms with Gasteiger partial charge in [-0.2, -0.15) is 0 Å². The van der Waals surface area contributed by atoms with E-state index in [0.29, 0.717) is 6.61 Å². The number of ether oxygens (including phenoxy) is 2. The Morgan fingerprint density at radius 3 is 2.95 bits per heavy atom. The van der Waals surface area contributed by atoms with E-state index in [1.807, 2.05) is 24.3 Å². The summed E-state index contributed by atoms with van der Waals surface area (Å²) < 4.78 is 11.5. The van der Waals surface area contributed by atoms with Gasteiger partial charge in [-0.05, 0) is 23.8 Å². The van der Waals surface area contributed by atoms with Gasteiger partial charge in [0.2, 0.25) is 0 Å². The summed E-state index contributed by atoms with van der Waals surface area (Å²) in [7, 11) is 0. The van der Waals surface area contributed by atoms with E-state index < -0.39 is 0 Å². The van der Waals surface area contributed by atoms with E-state index in [9.17, 15) is 5.11 Å². The van der Waals surface area contributed by atoms with Crippen LogP contribution in [0.15, 0.2) is 42.5 Å². The first kappa shape index (κ1) is 12.5. The van der Waals surface area contributed by atoms with Gasteiger partial charge in [0.1, 0.15) is 30.0 Å². The number of benzene rings is 2. The molecule has 4 heteroatoms. The van der Waals surface area contributed by atoms with Crippen molar-refractivity contribution in [3.8, 4) is 17.2 Å². The minimum atomic E-state index is 0.160. The van der Waals surface area contributed by atoms with E-state index in [-0.39, 0.29) is 17.9 Å². The van der Waals surface area contributed by atoms with Crippen LogP contribution in [-0.4, -0.2) is 24.4 Å². The first-order valence-corrected chi connectivity index (χ1v) is 7.23. The molecule has 0 saturated carbocycles. The molecular weight excluding hydrogens is 266 g/mol. The Kier molecular flexibility index (Phi) is 2.97. The molecule has 2 aliphatic heterocycles. The summed E-state index contributed by atoms with van der Waals surface area (Å²) in [6.07, 6.45) is 1.11. The van der Waals surface area contributed by atoms with E-state index in [1.165, 1.54) is 5.56 Å². The molecule has 0 fully saturated rings. The van der Waals surface area contributed by atoms with Gasteiger partial charge in [0, 0.05) is 24.6 Å². The minimum absolute atomic E-state index is 0.160. The van der Waals surface area contributed by atoms with Crippen LogP contribution in [0.25, 0.3) is 0 Å². The maximum Gasteiger partial charge on any atom is 0.127 e. The summed E-state index contributed by atoms with van der Waals surface area (Å²) in [4.78, 5) is 0. The number of rotatable bonds is 3. The van der Waals surface area contributed by atoms with Crippen molar-refractivity contribution < 1.29 is 14.6 Å². The zero-order chi connectivity index (χ0) is 14.2. The molecule has 108 valence electrons. The van der Waals surface area contributed by atoms with Crippen LogP contribution in [0.5, 0.6) is 17.2 Å². The highest BCUT2D eigenvalue weighted by molar-refractivity contribution is 5.44. The third-order valence-corrected chi connectivity index (χ3v) is 4.08. The highest BCUT2D eigenvalue weighted by atomic mass is 16.5. The zero-order valence-corrected chi connectivity index (χ0v) is 11.6. The molecule has 21 heavy (non-hydrogen) atoms. The predicted molar refractivity (Wildman–Crippen MR) is 78.9 cm³/mol. The Labute approximate surface area is 123 Å². The quantitative estimate of drug-likeness (QED) is 0.908. The number of hydrogen-bond donors (Lipinski definition) is 2. The van der Waals surface area contributed by atoms with Gasteiger partial charge in [-0.1, -0.05) is 18.2 Å². The lowest BCUT2D eigenvalue weighted by molar-refractivity contribution is 0.214. The van der Waals surface area contributed by atoms with Gasteiger partial charge in [0.25, 0.3) is 0 Å². The van der Waals surface area contributed by atoms with Gasteiger partial charge in [-0.3, -0.25) is 0 Å². The van der Waals surface area contributed by atoms with Crippen LogP contribution in [0.2, 0.25) is 0 Å². The van der Waals surface area contributed by atoms with Gasteiger partial charge in [0.05, 0.1) is 6.04 Å². The van der Waals surface area contributed by atoms with Crippen LogP contribution < -0.4 is 14.8 Å². The van der Waals surface area contributed by atoms with Crippen molar-refractivity contribution in [3.63, 3.8) is 0 Å². The third kappa shape index (κ3) is 2.32. The smallest absolute Gasteiger partial charge is 0.127 e. The molecule has 4 rings (SSSR count). The lowest BCUT2D eigenvalue weighted by atomic mass is 10.1. The SMILES string of the molecule is Oc1ccc2c(c1)OCC2NCC1Cc2ccccc2O1. The second-order valence-electron chi connectivity index (χ2n) is 5.55. The monoisotopic (exact) mass is 283 g/mol. The Morgan fingerprint density at radius 2 is 2.05 bits per heavy atom. The molecule has 0 spiro atoms. The molecule has 0 aromatic heterocycles. The minimum Gasteiger partial charge on any atom is -0.508 e. The van der Waals surface area contributed by atoms with Crippen LogP contribution in [0.3, 0.4) is 0 Å².